The van der Waals surface area contributed by atoms with E-state index >= 15 is 0 Å². The average Bonchev–Trinajstić information content (AvgIpc) is 1.65. The van der Waals surface area contributed by atoms with Gasteiger partial charge in [-0.2, -0.15) is 4.91 Å². The summed E-state index contributed by atoms with van der Waals surface area (Å²) in [6, 6.07) is -0.676. The van der Waals surface area contributed by atoms with Gasteiger partial charge in [0.2, 0.25) is 0 Å². The summed E-state index contributed by atoms with van der Waals surface area (Å²) >= 11 is 0. The van der Waals surface area contributed by atoms with Crippen molar-refractivity contribution in [3.05, 3.63) is 4.91 Å². The third kappa shape index (κ3) is 1.58. The first-order valence-electron chi connectivity index (χ1n) is 1.59. The van der Waals surface area contributed by atoms with Gasteiger partial charge in [0, 0.05) is 0 Å². The largest absolute Gasteiger partial charge is 0.301 e. The molecule has 1 atom stereocenters. The first kappa shape index (κ1) is 5.27. The SMILES string of the molecule is C[C@@H](C=O)N=O. The van der Waals surface area contributed by atoms with E-state index in [9.17, 15) is 9.70 Å². The molecular weight excluding hydrogens is 82.0 g/mol. The van der Waals surface area contributed by atoms with E-state index in [1.807, 2.05) is 0 Å². The van der Waals surface area contributed by atoms with Crippen LogP contribution in [-0.4, -0.2) is 12.3 Å². The summed E-state index contributed by atoms with van der Waals surface area (Å²) in [7, 11) is 0. The van der Waals surface area contributed by atoms with Crippen molar-refractivity contribution in [2.75, 3.05) is 0 Å². The van der Waals surface area contributed by atoms with Crippen molar-refractivity contribution in [2.24, 2.45) is 5.18 Å². The Bertz CT molecular complexity index is 53.8. The molecule has 0 unspecified atom stereocenters. The number of nitroso groups, excluding NO2 is 1. The van der Waals surface area contributed by atoms with Crippen molar-refractivity contribution in [1.29, 1.82) is 0 Å². The summed E-state index contributed by atoms with van der Waals surface area (Å²) in [5.74, 6) is 0. The molecule has 0 spiro atoms. The van der Waals surface area contributed by atoms with Gasteiger partial charge in [-0.15, -0.1) is 0 Å². The van der Waals surface area contributed by atoms with Gasteiger partial charge in [0.25, 0.3) is 0 Å². The van der Waals surface area contributed by atoms with E-state index in [4.69, 9.17) is 0 Å². The second-order valence-corrected chi connectivity index (χ2v) is 0.982. The molecule has 0 aromatic rings. The van der Waals surface area contributed by atoms with Gasteiger partial charge in [0.1, 0.15) is 12.3 Å². The smallest absolute Gasteiger partial charge is 0.147 e. The van der Waals surface area contributed by atoms with Crippen LogP contribution in [0.1, 0.15) is 6.92 Å². The second-order valence-electron chi connectivity index (χ2n) is 0.982. The molecule has 0 aromatic carbocycles. The zero-order valence-corrected chi connectivity index (χ0v) is 3.42. The molecule has 0 fully saturated rings. The predicted molar refractivity (Wildman–Crippen MR) is 21.3 cm³/mol. The highest BCUT2D eigenvalue weighted by Gasteiger charge is 1.90. The summed E-state index contributed by atoms with van der Waals surface area (Å²) in [4.78, 5) is 18.7. The van der Waals surface area contributed by atoms with Crippen molar-refractivity contribution >= 4 is 6.29 Å². The van der Waals surface area contributed by atoms with Crippen LogP contribution in [0.5, 0.6) is 0 Å². The van der Waals surface area contributed by atoms with Gasteiger partial charge in [-0.05, 0) is 6.92 Å². The van der Waals surface area contributed by atoms with Crippen LogP contribution in [0.15, 0.2) is 5.18 Å². The van der Waals surface area contributed by atoms with Crippen molar-refractivity contribution in [1.82, 2.24) is 0 Å². The van der Waals surface area contributed by atoms with E-state index in [1.165, 1.54) is 6.92 Å². The van der Waals surface area contributed by atoms with Crippen molar-refractivity contribution in [3.8, 4) is 0 Å². The molecule has 0 saturated carbocycles. The molecule has 0 aromatic heterocycles. The molecule has 0 amide bonds. The molecule has 0 aliphatic rings. The second kappa shape index (κ2) is 2.50. The van der Waals surface area contributed by atoms with E-state index in [2.05, 4.69) is 5.18 Å². The molecule has 0 aliphatic carbocycles. The number of nitrogens with zero attached hydrogens (tertiary/aromatic N) is 1. The highest BCUT2D eigenvalue weighted by molar-refractivity contribution is 5.56. The minimum atomic E-state index is -0.676. The zero-order chi connectivity index (χ0) is 4.99. The van der Waals surface area contributed by atoms with Crippen LogP contribution < -0.4 is 0 Å². The minimum Gasteiger partial charge on any atom is -0.301 e. The first-order chi connectivity index (χ1) is 2.81. The molecular formula is C3H5NO2. The lowest BCUT2D eigenvalue weighted by molar-refractivity contribution is -0.108. The Morgan fingerprint density at radius 2 is 2.33 bits per heavy atom. The molecule has 0 N–H and O–H groups in total. The highest BCUT2D eigenvalue weighted by Crippen LogP contribution is 1.76. The Hall–Kier alpha value is -0.730. The quantitative estimate of drug-likeness (QED) is 0.360. The van der Waals surface area contributed by atoms with E-state index in [0.717, 1.165) is 0 Å². The summed E-state index contributed by atoms with van der Waals surface area (Å²) in [5, 5.41) is 2.39. The molecule has 0 aliphatic heterocycles. The lowest BCUT2D eigenvalue weighted by atomic mass is 10.4. The van der Waals surface area contributed by atoms with Crippen molar-refractivity contribution in [3.63, 3.8) is 0 Å². The van der Waals surface area contributed by atoms with E-state index in [-0.39, 0.29) is 0 Å². The maximum Gasteiger partial charge on any atom is 0.147 e. The Morgan fingerprint density at radius 1 is 1.83 bits per heavy atom. The molecule has 0 heterocycles. The molecule has 6 heavy (non-hydrogen) atoms. The van der Waals surface area contributed by atoms with Gasteiger partial charge in [0.15, 0.2) is 0 Å². The lowest BCUT2D eigenvalue weighted by Crippen LogP contribution is -1.94. The normalized spacial score (nSPS) is 12.8. The Balaban J connectivity index is 3.21. The number of rotatable bonds is 2. The van der Waals surface area contributed by atoms with Crippen molar-refractivity contribution in [2.45, 2.75) is 13.0 Å². The maximum atomic E-state index is 9.44. The fourth-order valence-corrected chi connectivity index (χ4v) is 0.0248. The van der Waals surface area contributed by atoms with Crippen LogP contribution in [0.2, 0.25) is 0 Å². The minimum absolute atomic E-state index is 0.493. The number of hydrogen-bond acceptors (Lipinski definition) is 3. The monoisotopic (exact) mass is 87.0 g/mol. The standard InChI is InChI=1S/C3H5NO2/c1-3(2-5)4-6/h2-3H,1H3/t3-/m0/s1. The molecule has 0 saturated heterocycles. The van der Waals surface area contributed by atoms with E-state index in [0.29, 0.717) is 6.29 Å². The Kier molecular flexibility index (Phi) is 2.20. The Labute approximate surface area is 35.3 Å². The van der Waals surface area contributed by atoms with Crippen LogP contribution in [0.3, 0.4) is 0 Å². The Morgan fingerprint density at radius 3 is 2.33 bits per heavy atom. The van der Waals surface area contributed by atoms with Gasteiger partial charge in [-0.25, -0.2) is 0 Å². The molecule has 3 nitrogen and oxygen atoms in total. The number of hydrogen-bond donors (Lipinski definition) is 0. The first-order valence-corrected chi connectivity index (χ1v) is 1.59. The van der Waals surface area contributed by atoms with Gasteiger partial charge < -0.3 is 4.79 Å². The third-order valence-electron chi connectivity index (χ3n) is 0.363. The number of carbonyl (C=O) groups is 1. The van der Waals surface area contributed by atoms with Crippen LogP contribution in [0, 0.1) is 4.91 Å². The third-order valence-corrected chi connectivity index (χ3v) is 0.363. The van der Waals surface area contributed by atoms with Crippen LogP contribution in [0.25, 0.3) is 0 Å². The van der Waals surface area contributed by atoms with E-state index in [1.54, 1.807) is 0 Å². The summed E-state index contributed by atoms with van der Waals surface area (Å²) in [6.07, 6.45) is 0.493. The average molecular weight is 87.1 g/mol. The van der Waals surface area contributed by atoms with E-state index < -0.39 is 6.04 Å². The van der Waals surface area contributed by atoms with Crippen LogP contribution in [-0.2, 0) is 4.79 Å². The lowest BCUT2D eigenvalue weighted by Gasteiger charge is -1.77. The van der Waals surface area contributed by atoms with Gasteiger partial charge in [0.05, 0.1) is 0 Å². The molecule has 34 valence electrons. The number of aldehydes is 1. The zero-order valence-electron chi connectivity index (χ0n) is 3.42. The van der Waals surface area contributed by atoms with Gasteiger partial charge in [-0.3, -0.25) is 0 Å². The van der Waals surface area contributed by atoms with Crippen LogP contribution in [0.4, 0.5) is 0 Å². The topological polar surface area (TPSA) is 46.5 Å². The molecule has 0 radical (unpaired) electrons. The fraction of sp³-hybridized carbons (Fsp3) is 0.667. The van der Waals surface area contributed by atoms with Gasteiger partial charge >= 0.3 is 0 Å². The molecule has 3 heteroatoms. The number of carbonyl (C=O) groups excluding carboxylic acids is 1. The fourth-order valence-electron chi connectivity index (χ4n) is 0.0248. The highest BCUT2D eigenvalue weighted by atomic mass is 16.3. The summed E-state index contributed by atoms with van der Waals surface area (Å²) in [5.41, 5.74) is 0. The summed E-state index contributed by atoms with van der Waals surface area (Å²) in [6.45, 7) is 1.43. The van der Waals surface area contributed by atoms with Crippen LogP contribution >= 0.6 is 0 Å². The van der Waals surface area contributed by atoms with Gasteiger partial charge in [-0.1, -0.05) is 5.18 Å². The van der Waals surface area contributed by atoms with Crippen molar-refractivity contribution < 1.29 is 4.79 Å². The predicted octanol–water partition coefficient (Wildman–Crippen LogP) is 0.340. The molecule has 0 rings (SSSR count). The maximum absolute atomic E-state index is 9.44. The summed E-state index contributed by atoms with van der Waals surface area (Å²) < 4.78 is 0. The molecule has 0 bridgehead atoms.